The molecule has 2 rings (SSSR count). The van der Waals surface area contributed by atoms with Crippen LogP contribution >= 0.6 is 23.2 Å². The van der Waals surface area contributed by atoms with Crippen LogP contribution in [0.4, 0.5) is 0 Å². The number of ether oxygens (including phenoxy) is 1. The minimum Gasteiger partial charge on any atom is -0.478 e. The number of aromatic nitrogens is 2. The quantitative estimate of drug-likeness (QED) is 0.936. The number of nitrogens with zero attached hydrogens (tertiary/aromatic N) is 2. The molecule has 0 saturated carbocycles. The van der Waals surface area contributed by atoms with Crippen LogP contribution in [0.2, 0.25) is 10.2 Å². The fourth-order valence-corrected chi connectivity index (χ4v) is 1.51. The van der Waals surface area contributed by atoms with Crippen LogP contribution < -0.4 is 4.74 Å². The molecule has 0 bridgehead atoms. The molecule has 0 unspecified atom stereocenters. The maximum absolute atomic E-state index is 10.9. The number of aromatic carboxylic acids is 1. The Bertz CT molecular complexity index is 587. The van der Waals surface area contributed by atoms with E-state index >= 15 is 0 Å². The van der Waals surface area contributed by atoms with Gasteiger partial charge in [-0.3, -0.25) is 0 Å². The molecular formula is C11H6Cl2N2O3. The molecule has 1 N–H and O–H groups in total. The molecule has 1 aromatic carbocycles. The summed E-state index contributed by atoms with van der Waals surface area (Å²) >= 11 is 11.3. The summed E-state index contributed by atoms with van der Waals surface area (Å²) in [7, 11) is 0. The predicted octanol–water partition coefficient (Wildman–Crippen LogP) is 3.27. The minimum atomic E-state index is -1.13. The number of rotatable bonds is 3. The molecule has 0 aliphatic heterocycles. The van der Waals surface area contributed by atoms with Crippen molar-refractivity contribution in [1.29, 1.82) is 0 Å². The predicted molar refractivity (Wildman–Crippen MR) is 65.5 cm³/mol. The molecule has 5 nitrogen and oxygen atoms in total. The van der Waals surface area contributed by atoms with Gasteiger partial charge in [-0.15, -0.1) is 10.2 Å². The van der Waals surface area contributed by atoms with Crippen LogP contribution in [0, 0.1) is 0 Å². The molecule has 0 aliphatic rings. The Morgan fingerprint density at radius 1 is 1.17 bits per heavy atom. The van der Waals surface area contributed by atoms with Crippen molar-refractivity contribution >= 4 is 29.2 Å². The summed E-state index contributed by atoms with van der Waals surface area (Å²) in [6.07, 6.45) is 0. The van der Waals surface area contributed by atoms with Crippen molar-refractivity contribution < 1.29 is 14.6 Å². The Morgan fingerprint density at radius 2 is 1.94 bits per heavy atom. The first-order valence-electron chi connectivity index (χ1n) is 4.76. The molecule has 0 amide bonds. The van der Waals surface area contributed by atoms with Gasteiger partial charge in [-0.05, 0) is 24.3 Å². The lowest BCUT2D eigenvalue weighted by Gasteiger charge is -2.05. The highest BCUT2D eigenvalue weighted by atomic mass is 35.5. The van der Waals surface area contributed by atoms with E-state index in [4.69, 9.17) is 33.0 Å². The molecule has 0 atom stereocenters. The standard InChI is InChI=1S/C11H6Cl2N2O3/c12-8-2-1-6(5-7(8)11(16)17)18-10-4-3-9(13)14-15-10/h1-5H,(H,16,17). The SMILES string of the molecule is O=C(O)c1cc(Oc2ccc(Cl)nn2)ccc1Cl. The number of hydrogen-bond acceptors (Lipinski definition) is 4. The van der Waals surface area contributed by atoms with Crippen molar-refractivity contribution in [3.8, 4) is 11.6 Å². The van der Waals surface area contributed by atoms with Crippen molar-refractivity contribution in [1.82, 2.24) is 10.2 Å². The van der Waals surface area contributed by atoms with E-state index in [1.807, 2.05) is 0 Å². The molecule has 2 aromatic rings. The van der Waals surface area contributed by atoms with Crippen LogP contribution in [-0.4, -0.2) is 21.3 Å². The van der Waals surface area contributed by atoms with E-state index in [1.165, 1.54) is 30.3 Å². The van der Waals surface area contributed by atoms with E-state index in [1.54, 1.807) is 0 Å². The van der Waals surface area contributed by atoms with Crippen molar-refractivity contribution in [3.05, 3.63) is 46.1 Å². The lowest BCUT2D eigenvalue weighted by atomic mass is 10.2. The van der Waals surface area contributed by atoms with E-state index in [0.717, 1.165) is 0 Å². The zero-order chi connectivity index (χ0) is 13.1. The van der Waals surface area contributed by atoms with Crippen molar-refractivity contribution in [3.63, 3.8) is 0 Å². The fourth-order valence-electron chi connectivity index (χ4n) is 1.21. The van der Waals surface area contributed by atoms with Gasteiger partial charge in [0.2, 0.25) is 5.88 Å². The maximum Gasteiger partial charge on any atom is 0.337 e. The van der Waals surface area contributed by atoms with Gasteiger partial charge in [0.1, 0.15) is 5.75 Å². The molecule has 0 spiro atoms. The van der Waals surface area contributed by atoms with Crippen molar-refractivity contribution in [2.24, 2.45) is 0 Å². The van der Waals surface area contributed by atoms with E-state index in [9.17, 15) is 4.79 Å². The van der Waals surface area contributed by atoms with Gasteiger partial charge in [0, 0.05) is 6.07 Å². The second kappa shape index (κ2) is 5.20. The first-order chi connectivity index (χ1) is 8.56. The van der Waals surface area contributed by atoms with Gasteiger partial charge in [0.25, 0.3) is 0 Å². The molecule has 0 aliphatic carbocycles. The number of benzene rings is 1. The number of carboxylic acids is 1. The molecule has 0 saturated heterocycles. The van der Waals surface area contributed by atoms with Crippen LogP contribution in [0.3, 0.4) is 0 Å². The summed E-state index contributed by atoms with van der Waals surface area (Å²) < 4.78 is 5.32. The first-order valence-corrected chi connectivity index (χ1v) is 5.52. The molecule has 0 fully saturated rings. The van der Waals surface area contributed by atoms with Crippen LogP contribution in [0.5, 0.6) is 11.6 Å². The highest BCUT2D eigenvalue weighted by Gasteiger charge is 2.10. The highest BCUT2D eigenvalue weighted by Crippen LogP contribution is 2.25. The van der Waals surface area contributed by atoms with E-state index in [-0.39, 0.29) is 21.6 Å². The Kier molecular flexibility index (Phi) is 3.64. The zero-order valence-electron chi connectivity index (χ0n) is 8.80. The van der Waals surface area contributed by atoms with Gasteiger partial charge in [0.15, 0.2) is 5.15 Å². The summed E-state index contributed by atoms with van der Waals surface area (Å²) in [5, 5.41) is 16.6. The highest BCUT2D eigenvalue weighted by molar-refractivity contribution is 6.33. The van der Waals surface area contributed by atoms with Gasteiger partial charge >= 0.3 is 5.97 Å². The van der Waals surface area contributed by atoms with Crippen LogP contribution in [0.25, 0.3) is 0 Å². The number of carbonyl (C=O) groups is 1. The maximum atomic E-state index is 10.9. The van der Waals surface area contributed by atoms with Crippen LogP contribution in [0.15, 0.2) is 30.3 Å². The summed E-state index contributed by atoms with van der Waals surface area (Å²) in [6, 6.07) is 7.30. The van der Waals surface area contributed by atoms with E-state index < -0.39 is 5.97 Å². The average Bonchev–Trinajstić information content (AvgIpc) is 2.34. The monoisotopic (exact) mass is 284 g/mol. The van der Waals surface area contributed by atoms with Gasteiger partial charge < -0.3 is 9.84 Å². The van der Waals surface area contributed by atoms with Crippen molar-refractivity contribution in [2.75, 3.05) is 0 Å². The summed E-state index contributed by atoms with van der Waals surface area (Å²) in [6.45, 7) is 0. The second-order valence-corrected chi connectivity index (χ2v) is 4.04. The molecule has 7 heteroatoms. The fraction of sp³-hybridized carbons (Fsp3) is 0. The lowest BCUT2D eigenvalue weighted by Crippen LogP contribution is -1.98. The van der Waals surface area contributed by atoms with Gasteiger partial charge in [-0.1, -0.05) is 23.2 Å². The first kappa shape index (κ1) is 12.6. The summed E-state index contributed by atoms with van der Waals surface area (Å²) in [5.74, 6) is -0.626. The Hall–Kier alpha value is -1.85. The molecule has 1 aromatic heterocycles. The largest absolute Gasteiger partial charge is 0.478 e. The third-order valence-electron chi connectivity index (χ3n) is 2.00. The normalized spacial score (nSPS) is 10.1. The summed E-state index contributed by atoms with van der Waals surface area (Å²) in [5.41, 5.74) is -0.0453. The Balaban J connectivity index is 2.27. The third-order valence-corrected chi connectivity index (χ3v) is 2.53. The molecule has 18 heavy (non-hydrogen) atoms. The third kappa shape index (κ3) is 2.88. The van der Waals surface area contributed by atoms with Crippen LogP contribution in [0.1, 0.15) is 10.4 Å². The van der Waals surface area contributed by atoms with E-state index in [2.05, 4.69) is 10.2 Å². The van der Waals surface area contributed by atoms with Crippen LogP contribution in [-0.2, 0) is 0 Å². The van der Waals surface area contributed by atoms with Gasteiger partial charge in [-0.2, -0.15) is 0 Å². The van der Waals surface area contributed by atoms with E-state index in [0.29, 0.717) is 5.75 Å². The second-order valence-electron chi connectivity index (χ2n) is 3.24. The lowest BCUT2D eigenvalue weighted by molar-refractivity contribution is 0.0696. The van der Waals surface area contributed by atoms with Gasteiger partial charge in [-0.25, -0.2) is 4.79 Å². The molecule has 92 valence electrons. The topological polar surface area (TPSA) is 72.3 Å². The zero-order valence-corrected chi connectivity index (χ0v) is 10.3. The average molecular weight is 285 g/mol. The minimum absolute atomic E-state index is 0.0453. The Morgan fingerprint density at radius 3 is 2.56 bits per heavy atom. The number of carboxylic acid groups (broad SMARTS) is 1. The smallest absolute Gasteiger partial charge is 0.337 e. The van der Waals surface area contributed by atoms with Gasteiger partial charge in [0.05, 0.1) is 10.6 Å². The molecule has 1 heterocycles. The summed E-state index contributed by atoms with van der Waals surface area (Å²) in [4.78, 5) is 10.9. The number of hydrogen-bond donors (Lipinski definition) is 1. The molecular weight excluding hydrogens is 279 g/mol. The molecule has 0 radical (unpaired) electrons. The van der Waals surface area contributed by atoms with Crippen molar-refractivity contribution in [2.45, 2.75) is 0 Å². The number of halogens is 2. The Labute approximate surface area is 112 Å².